The molecule has 14 rings (SSSR count). The second-order valence-corrected chi connectivity index (χ2v) is 18.7. The first-order valence-corrected chi connectivity index (χ1v) is 24.2. The molecule has 1 aromatic heterocycles. The van der Waals surface area contributed by atoms with Gasteiger partial charge < -0.3 is 9.32 Å². The highest BCUT2D eigenvalue weighted by Gasteiger charge is 2.48. The smallest absolute Gasteiger partial charge is 0.135 e. The van der Waals surface area contributed by atoms with Crippen LogP contribution in [0.3, 0.4) is 0 Å². The maximum absolute atomic E-state index is 6.29. The molecule has 0 fully saturated rings. The van der Waals surface area contributed by atoms with Crippen LogP contribution in [0.2, 0.25) is 0 Å². The zero-order valence-electron chi connectivity index (χ0n) is 38.3. The molecule has 1 heterocycles. The first-order valence-electron chi connectivity index (χ1n) is 24.2. The van der Waals surface area contributed by atoms with Gasteiger partial charge in [0.25, 0.3) is 0 Å². The number of fused-ring (bicyclic) bond motifs is 9. The molecule has 2 aliphatic rings. The van der Waals surface area contributed by atoms with Crippen molar-refractivity contribution in [2.75, 3.05) is 4.90 Å². The molecule has 0 radical (unpaired) electrons. The molecule has 12 aromatic rings. The highest BCUT2D eigenvalue weighted by atomic mass is 16.3. The van der Waals surface area contributed by atoms with Crippen molar-refractivity contribution < 1.29 is 4.42 Å². The lowest BCUT2D eigenvalue weighted by Gasteiger charge is -2.35. The minimum atomic E-state index is -0.546. The van der Waals surface area contributed by atoms with Gasteiger partial charge in [-0.15, -0.1) is 0 Å². The summed E-state index contributed by atoms with van der Waals surface area (Å²) in [6.45, 7) is 0. The monoisotopic (exact) mass is 891 g/mol. The van der Waals surface area contributed by atoms with Gasteiger partial charge in [-0.3, -0.25) is 0 Å². The Morgan fingerprint density at radius 2 is 0.757 bits per heavy atom. The first-order chi connectivity index (χ1) is 34.7. The molecule has 2 aliphatic carbocycles. The number of para-hydroxylation sites is 1. The summed E-state index contributed by atoms with van der Waals surface area (Å²) in [7, 11) is 0. The third-order valence-electron chi connectivity index (χ3n) is 15.2. The van der Waals surface area contributed by atoms with Gasteiger partial charge in [0.15, 0.2) is 0 Å². The quantitative estimate of drug-likeness (QED) is 0.151. The minimum Gasteiger partial charge on any atom is -0.456 e. The summed E-state index contributed by atoms with van der Waals surface area (Å²) in [5.41, 5.74) is 21.4. The molecule has 0 bridgehead atoms. The number of rotatable bonds is 8. The maximum atomic E-state index is 6.29. The Balaban J connectivity index is 1.01. The first kappa shape index (κ1) is 40.1. The van der Waals surface area contributed by atoms with Crippen molar-refractivity contribution in [2.45, 2.75) is 10.8 Å². The van der Waals surface area contributed by atoms with Gasteiger partial charge >= 0.3 is 0 Å². The Morgan fingerprint density at radius 1 is 0.286 bits per heavy atom. The topological polar surface area (TPSA) is 16.4 Å². The van der Waals surface area contributed by atoms with Crippen LogP contribution in [0, 0.1) is 0 Å². The molecule has 2 nitrogen and oxygen atoms in total. The summed E-state index contributed by atoms with van der Waals surface area (Å²) in [5, 5.41) is 2.24. The highest BCUT2D eigenvalue weighted by Crippen LogP contribution is 2.60. The van der Waals surface area contributed by atoms with Crippen molar-refractivity contribution >= 4 is 39.0 Å². The maximum Gasteiger partial charge on any atom is 0.135 e. The Morgan fingerprint density at radius 3 is 1.40 bits per heavy atom. The molecular formula is C68H45NO. The predicted octanol–water partition coefficient (Wildman–Crippen LogP) is 17.4. The van der Waals surface area contributed by atoms with E-state index in [1.807, 2.05) is 12.1 Å². The van der Waals surface area contributed by atoms with Crippen LogP contribution >= 0.6 is 0 Å². The van der Waals surface area contributed by atoms with Gasteiger partial charge in [0.2, 0.25) is 0 Å². The number of furan rings is 1. The number of benzene rings is 11. The van der Waals surface area contributed by atoms with E-state index in [1.165, 1.54) is 66.8 Å². The summed E-state index contributed by atoms with van der Waals surface area (Å²) < 4.78 is 6.29. The van der Waals surface area contributed by atoms with Gasteiger partial charge in [0, 0.05) is 27.7 Å². The zero-order valence-corrected chi connectivity index (χ0v) is 38.3. The molecule has 0 N–H and O–H groups in total. The van der Waals surface area contributed by atoms with E-state index in [1.54, 1.807) is 0 Å². The summed E-state index contributed by atoms with van der Waals surface area (Å²) in [6.07, 6.45) is 0. The van der Waals surface area contributed by atoms with E-state index in [9.17, 15) is 0 Å². The summed E-state index contributed by atoms with van der Waals surface area (Å²) in [5.74, 6) is 0. The molecule has 0 saturated carbocycles. The Labute approximate surface area is 408 Å². The van der Waals surface area contributed by atoms with Crippen LogP contribution in [-0.2, 0) is 10.8 Å². The Kier molecular flexibility index (Phi) is 9.06. The second kappa shape index (κ2) is 15.8. The van der Waals surface area contributed by atoms with Crippen LogP contribution in [-0.4, -0.2) is 0 Å². The van der Waals surface area contributed by atoms with Crippen molar-refractivity contribution in [2.24, 2.45) is 0 Å². The summed E-state index contributed by atoms with van der Waals surface area (Å²) in [4.78, 5) is 2.49. The standard InChI is InChI=1S/C68H45NO/c1-4-21-48(22-5-1)67(59-32-14-10-28-54(59)55-29-11-15-33-60(55)67)51-39-41-52(42-40-51)69(53-27-18-20-46(44-53)47-38-43-65-58(45-47)56-30-13-17-37-64(56)70-65)63-36-19-35-62-66(63)57-31-12-16-34-61(57)68(62,49-23-6-2-7-24-49)50-25-8-3-9-26-50/h1-45H. The van der Waals surface area contributed by atoms with E-state index in [-0.39, 0.29) is 0 Å². The van der Waals surface area contributed by atoms with Crippen molar-refractivity contribution in [1.82, 2.24) is 0 Å². The predicted molar refractivity (Wildman–Crippen MR) is 288 cm³/mol. The molecule has 0 saturated heterocycles. The average Bonchev–Trinajstić information content (AvgIpc) is 4.07. The fraction of sp³-hybridized carbons (Fsp3) is 0.0294. The highest BCUT2D eigenvalue weighted by molar-refractivity contribution is 6.06. The van der Waals surface area contributed by atoms with Crippen molar-refractivity contribution in [1.29, 1.82) is 0 Å². The zero-order chi connectivity index (χ0) is 46.2. The van der Waals surface area contributed by atoms with E-state index in [0.717, 1.165) is 50.1 Å². The third-order valence-corrected chi connectivity index (χ3v) is 15.2. The van der Waals surface area contributed by atoms with Crippen LogP contribution in [0.4, 0.5) is 17.1 Å². The minimum absolute atomic E-state index is 0.508. The van der Waals surface area contributed by atoms with Crippen LogP contribution < -0.4 is 4.90 Å². The lowest BCUT2D eigenvalue weighted by molar-refractivity contribution is 0.669. The summed E-state index contributed by atoms with van der Waals surface area (Å²) in [6, 6.07) is 101. The fourth-order valence-corrected chi connectivity index (χ4v) is 12.4. The van der Waals surface area contributed by atoms with Crippen LogP contribution in [0.5, 0.6) is 0 Å². The van der Waals surface area contributed by atoms with Crippen molar-refractivity contribution in [3.05, 3.63) is 317 Å². The molecule has 0 aliphatic heterocycles. The Bertz CT molecular complexity index is 3860. The molecule has 0 spiro atoms. The van der Waals surface area contributed by atoms with E-state index in [0.29, 0.717) is 0 Å². The number of hydrogen-bond donors (Lipinski definition) is 0. The molecule has 2 heteroatoms. The normalized spacial score (nSPS) is 13.7. The van der Waals surface area contributed by atoms with Gasteiger partial charge in [0.05, 0.1) is 16.5 Å². The van der Waals surface area contributed by atoms with Crippen LogP contribution in [0.1, 0.15) is 44.5 Å². The van der Waals surface area contributed by atoms with Crippen LogP contribution in [0.15, 0.2) is 277 Å². The molecular weight excluding hydrogens is 847 g/mol. The summed E-state index contributed by atoms with van der Waals surface area (Å²) >= 11 is 0. The molecule has 70 heavy (non-hydrogen) atoms. The van der Waals surface area contributed by atoms with Crippen molar-refractivity contribution in [3.63, 3.8) is 0 Å². The van der Waals surface area contributed by atoms with Crippen molar-refractivity contribution in [3.8, 4) is 33.4 Å². The fourth-order valence-electron chi connectivity index (χ4n) is 12.4. The molecule has 11 aromatic carbocycles. The number of anilines is 3. The van der Waals surface area contributed by atoms with Gasteiger partial charge in [-0.2, -0.15) is 0 Å². The van der Waals surface area contributed by atoms with E-state index in [4.69, 9.17) is 4.42 Å². The van der Waals surface area contributed by atoms with E-state index >= 15 is 0 Å². The molecule has 0 atom stereocenters. The third kappa shape index (κ3) is 5.74. The second-order valence-electron chi connectivity index (χ2n) is 18.7. The van der Waals surface area contributed by atoms with Gasteiger partial charge in [-0.25, -0.2) is 0 Å². The lowest BCUT2D eigenvalue weighted by atomic mass is 9.67. The number of hydrogen-bond acceptors (Lipinski definition) is 2. The molecule has 0 amide bonds. The average molecular weight is 892 g/mol. The molecule has 328 valence electrons. The van der Waals surface area contributed by atoms with Gasteiger partial charge in [-0.1, -0.05) is 224 Å². The SMILES string of the molecule is c1ccc(C2(c3ccc(N(c4cccc(-c5ccc6oc7ccccc7c6c5)c4)c4cccc5c4-c4ccccc4C5(c4ccccc4)c4ccccc4)cc3)c3ccccc3-c3ccccc32)cc1. The van der Waals surface area contributed by atoms with E-state index in [2.05, 4.69) is 266 Å². The van der Waals surface area contributed by atoms with Crippen LogP contribution in [0.25, 0.3) is 55.3 Å². The Hall–Kier alpha value is -8.98. The lowest BCUT2D eigenvalue weighted by Crippen LogP contribution is -2.28. The number of nitrogens with zero attached hydrogens (tertiary/aromatic N) is 1. The largest absolute Gasteiger partial charge is 0.456 e. The molecule has 0 unspecified atom stereocenters. The van der Waals surface area contributed by atoms with Gasteiger partial charge in [-0.05, 0) is 121 Å². The van der Waals surface area contributed by atoms with E-state index < -0.39 is 10.8 Å². The van der Waals surface area contributed by atoms with Gasteiger partial charge in [0.1, 0.15) is 11.2 Å².